The van der Waals surface area contributed by atoms with E-state index in [1.54, 1.807) is 12.4 Å². The van der Waals surface area contributed by atoms with Gasteiger partial charge in [0, 0.05) is 57.1 Å². The number of amides is 1. The molecule has 3 aromatic rings. The molecule has 1 fully saturated rings. The molecule has 1 saturated heterocycles. The van der Waals surface area contributed by atoms with Crippen molar-refractivity contribution in [2.45, 2.75) is 25.7 Å². The molecule has 0 spiro atoms. The highest BCUT2D eigenvalue weighted by molar-refractivity contribution is 5.97. The molecule has 2 aromatic heterocycles. The number of nitrogens with zero attached hydrogens (tertiary/aromatic N) is 5. The van der Waals surface area contributed by atoms with Gasteiger partial charge >= 0.3 is 0 Å². The highest BCUT2D eigenvalue weighted by Crippen LogP contribution is 2.31. The first kappa shape index (κ1) is 21.7. The number of rotatable bonds is 6. The number of para-hydroxylation sites is 1. The van der Waals surface area contributed by atoms with Gasteiger partial charge in [-0.25, -0.2) is 9.97 Å². The van der Waals surface area contributed by atoms with Crippen LogP contribution in [-0.4, -0.2) is 59.6 Å². The zero-order valence-corrected chi connectivity index (χ0v) is 18.9. The Kier molecular flexibility index (Phi) is 6.63. The summed E-state index contributed by atoms with van der Waals surface area (Å²) in [5.74, 6) is 2.29. The fourth-order valence-corrected chi connectivity index (χ4v) is 4.01. The molecule has 7 nitrogen and oxygen atoms in total. The molecule has 7 heteroatoms. The molecular weight excluding hydrogens is 402 g/mol. The average Bonchev–Trinajstić information content (AvgIpc) is 2.84. The Hall–Kier alpha value is -3.48. The largest absolute Gasteiger partial charge is 0.493 e. The first-order chi connectivity index (χ1) is 15.6. The van der Waals surface area contributed by atoms with E-state index < -0.39 is 0 Å². The highest BCUT2D eigenvalue weighted by atomic mass is 16.5. The minimum absolute atomic E-state index is 0.00752. The second-order valence-corrected chi connectivity index (χ2v) is 8.13. The Labute approximate surface area is 189 Å². The molecule has 1 aromatic carbocycles. The summed E-state index contributed by atoms with van der Waals surface area (Å²) in [6.45, 7) is 3.81. The minimum atomic E-state index is 0.00752. The topological polar surface area (TPSA) is 71.5 Å². The molecule has 1 aliphatic heterocycles. The quantitative estimate of drug-likeness (QED) is 0.587. The van der Waals surface area contributed by atoms with Crippen LogP contribution < -0.4 is 9.64 Å². The van der Waals surface area contributed by atoms with Crippen molar-refractivity contribution in [1.82, 2.24) is 19.9 Å². The summed E-state index contributed by atoms with van der Waals surface area (Å²) in [4.78, 5) is 31.0. The maximum Gasteiger partial charge on any atom is 0.257 e. The van der Waals surface area contributed by atoms with Crippen LogP contribution in [-0.2, 0) is 0 Å². The van der Waals surface area contributed by atoms with Gasteiger partial charge in [-0.15, -0.1) is 0 Å². The maximum atomic E-state index is 13.3. The van der Waals surface area contributed by atoms with E-state index in [-0.39, 0.29) is 11.8 Å². The molecule has 1 amide bonds. The van der Waals surface area contributed by atoms with Crippen LogP contribution in [0.4, 0.5) is 5.82 Å². The van der Waals surface area contributed by atoms with E-state index in [0.717, 1.165) is 36.5 Å². The van der Waals surface area contributed by atoms with Crippen LogP contribution in [0.3, 0.4) is 0 Å². The van der Waals surface area contributed by atoms with E-state index >= 15 is 0 Å². The van der Waals surface area contributed by atoms with Gasteiger partial charge in [0.2, 0.25) is 0 Å². The summed E-state index contributed by atoms with van der Waals surface area (Å²) in [7, 11) is 3.95. The lowest BCUT2D eigenvalue weighted by molar-refractivity contribution is 0.0702. The molecule has 0 aliphatic carbocycles. The fourth-order valence-electron chi connectivity index (χ4n) is 4.01. The van der Waals surface area contributed by atoms with Crippen molar-refractivity contribution < 1.29 is 9.53 Å². The number of likely N-dealkylation sites (tertiary alicyclic amines) is 1. The number of anilines is 1. The Morgan fingerprint density at radius 1 is 1.19 bits per heavy atom. The van der Waals surface area contributed by atoms with E-state index in [0.29, 0.717) is 30.3 Å². The number of benzene rings is 1. The monoisotopic (exact) mass is 431 g/mol. The second kappa shape index (κ2) is 9.77. The normalized spacial score (nSPS) is 16.0. The number of hydrogen-bond donors (Lipinski definition) is 0. The molecular formula is C25H29N5O2. The van der Waals surface area contributed by atoms with E-state index in [2.05, 4.69) is 4.98 Å². The van der Waals surface area contributed by atoms with E-state index in [4.69, 9.17) is 14.7 Å². The summed E-state index contributed by atoms with van der Waals surface area (Å²) in [6.07, 6.45) is 5.43. The summed E-state index contributed by atoms with van der Waals surface area (Å²) in [5.41, 5.74) is 2.45. The lowest BCUT2D eigenvalue weighted by atomic mass is 9.93. The van der Waals surface area contributed by atoms with Gasteiger partial charge in [0.25, 0.3) is 5.91 Å². The molecule has 1 atom stereocenters. The average molecular weight is 432 g/mol. The van der Waals surface area contributed by atoms with Crippen molar-refractivity contribution in [3.63, 3.8) is 0 Å². The minimum Gasteiger partial charge on any atom is -0.493 e. The fraction of sp³-hybridized carbons (Fsp3) is 0.360. The van der Waals surface area contributed by atoms with Crippen molar-refractivity contribution in [2.24, 2.45) is 0 Å². The van der Waals surface area contributed by atoms with Gasteiger partial charge in [0.05, 0.1) is 17.9 Å². The predicted octanol–water partition coefficient (Wildman–Crippen LogP) is 4.02. The molecule has 1 aliphatic rings. The van der Waals surface area contributed by atoms with Crippen molar-refractivity contribution >= 4 is 11.7 Å². The standard InChI is InChI=1S/C25H29N5O2/c1-4-32-22-12-6-5-11-20(22)25(31)30-14-8-10-19(17-30)21-15-23(29(2)3)28-24(27-21)18-9-7-13-26-16-18/h5-7,9,11-13,15-16,19H,4,8,10,14,17H2,1-3H3/t19-/m0/s1. The Morgan fingerprint density at radius 2 is 2.03 bits per heavy atom. The molecule has 32 heavy (non-hydrogen) atoms. The van der Waals surface area contributed by atoms with Crippen LogP contribution >= 0.6 is 0 Å². The van der Waals surface area contributed by atoms with Crippen LogP contribution in [0.1, 0.15) is 41.7 Å². The first-order valence-corrected chi connectivity index (χ1v) is 11.0. The Balaban J connectivity index is 1.62. The summed E-state index contributed by atoms with van der Waals surface area (Å²) in [6, 6.07) is 13.4. The van der Waals surface area contributed by atoms with Gasteiger partial charge in [-0.2, -0.15) is 0 Å². The lowest BCUT2D eigenvalue weighted by Crippen LogP contribution is -2.39. The van der Waals surface area contributed by atoms with Crippen molar-refractivity contribution in [1.29, 1.82) is 0 Å². The third-order valence-corrected chi connectivity index (χ3v) is 5.65. The van der Waals surface area contributed by atoms with E-state index in [1.165, 1.54) is 0 Å². The number of hydrogen-bond acceptors (Lipinski definition) is 6. The molecule has 0 saturated carbocycles. The van der Waals surface area contributed by atoms with Gasteiger partial charge in [-0.3, -0.25) is 9.78 Å². The summed E-state index contributed by atoms with van der Waals surface area (Å²) >= 11 is 0. The molecule has 4 rings (SSSR count). The molecule has 0 radical (unpaired) electrons. The van der Waals surface area contributed by atoms with Crippen molar-refractivity contribution in [3.8, 4) is 17.1 Å². The van der Waals surface area contributed by atoms with Crippen molar-refractivity contribution in [3.05, 3.63) is 66.1 Å². The third-order valence-electron chi connectivity index (χ3n) is 5.65. The van der Waals surface area contributed by atoms with Gasteiger partial charge in [-0.1, -0.05) is 12.1 Å². The number of piperidine rings is 1. The molecule has 3 heterocycles. The highest BCUT2D eigenvalue weighted by Gasteiger charge is 2.28. The molecule has 0 bridgehead atoms. The van der Waals surface area contributed by atoms with Gasteiger partial charge in [-0.05, 0) is 44.0 Å². The number of carbonyl (C=O) groups is 1. The van der Waals surface area contributed by atoms with Crippen LogP contribution in [0.5, 0.6) is 5.75 Å². The second-order valence-electron chi connectivity index (χ2n) is 8.13. The Bertz CT molecular complexity index is 1070. The molecule has 0 N–H and O–H groups in total. The van der Waals surface area contributed by atoms with Gasteiger partial charge in [0.15, 0.2) is 5.82 Å². The smallest absolute Gasteiger partial charge is 0.257 e. The van der Waals surface area contributed by atoms with Crippen LogP contribution in [0.15, 0.2) is 54.9 Å². The Morgan fingerprint density at radius 3 is 2.78 bits per heavy atom. The number of pyridine rings is 1. The number of carbonyl (C=O) groups excluding carboxylic acids is 1. The SMILES string of the molecule is CCOc1ccccc1C(=O)N1CCC[C@H](c2cc(N(C)C)nc(-c3cccnc3)n2)C1. The third kappa shape index (κ3) is 4.72. The molecule has 0 unspecified atom stereocenters. The van der Waals surface area contributed by atoms with Crippen LogP contribution in [0.25, 0.3) is 11.4 Å². The predicted molar refractivity (Wildman–Crippen MR) is 125 cm³/mol. The zero-order valence-electron chi connectivity index (χ0n) is 18.9. The lowest BCUT2D eigenvalue weighted by Gasteiger charge is -2.33. The van der Waals surface area contributed by atoms with Crippen LogP contribution in [0, 0.1) is 0 Å². The van der Waals surface area contributed by atoms with Crippen LogP contribution in [0.2, 0.25) is 0 Å². The number of aromatic nitrogens is 3. The summed E-state index contributed by atoms with van der Waals surface area (Å²) < 4.78 is 5.69. The first-order valence-electron chi connectivity index (χ1n) is 11.0. The summed E-state index contributed by atoms with van der Waals surface area (Å²) in [5, 5.41) is 0. The number of ether oxygens (including phenoxy) is 1. The maximum absolute atomic E-state index is 13.3. The zero-order chi connectivity index (χ0) is 22.5. The van der Waals surface area contributed by atoms with E-state index in [1.807, 2.05) is 73.3 Å². The molecule has 166 valence electrons. The van der Waals surface area contributed by atoms with E-state index in [9.17, 15) is 4.79 Å². The van der Waals surface area contributed by atoms with Crippen molar-refractivity contribution in [2.75, 3.05) is 38.7 Å². The van der Waals surface area contributed by atoms with Gasteiger partial charge < -0.3 is 14.5 Å². The van der Waals surface area contributed by atoms with Gasteiger partial charge in [0.1, 0.15) is 11.6 Å².